The molecule has 0 saturated carbocycles. The zero-order valence-corrected chi connectivity index (χ0v) is 11.3. The standard InChI is InChI=1S/C11H14N2O5S/c1-12-11(15)13-10(14)7-18-8-3-5-9(6-4-8)19(2,16)17/h3-6H,7H2,1-2H3,(H2,12,13,14,15). The van der Waals surface area contributed by atoms with E-state index in [4.69, 9.17) is 4.74 Å². The Balaban J connectivity index is 2.55. The first-order valence-corrected chi connectivity index (χ1v) is 7.16. The highest BCUT2D eigenvalue weighted by Gasteiger charge is 2.08. The van der Waals surface area contributed by atoms with Gasteiger partial charge in [-0.1, -0.05) is 0 Å². The van der Waals surface area contributed by atoms with E-state index in [-0.39, 0.29) is 11.5 Å². The van der Waals surface area contributed by atoms with Crippen LogP contribution in [0.25, 0.3) is 0 Å². The van der Waals surface area contributed by atoms with E-state index in [1.807, 2.05) is 5.32 Å². The quantitative estimate of drug-likeness (QED) is 0.806. The molecule has 0 unspecified atom stereocenters. The lowest BCUT2D eigenvalue weighted by Gasteiger charge is -2.06. The third kappa shape index (κ3) is 4.96. The molecular formula is C11H14N2O5S. The highest BCUT2D eigenvalue weighted by molar-refractivity contribution is 7.90. The van der Waals surface area contributed by atoms with Crippen molar-refractivity contribution < 1.29 is 22.7 Å². The fourth-order valence-electron chi connectivity index (χ4n) is 1.16. The molecular weight excluding hydrogens is 272 g/mol. The third-order valence-corrected chi connectivity index (χ3v) is 3.23. The van der Waals surface area contributed by atoms with Crippen LogP contribution in [0, 0.1) is 0 Å². The average Bonchev–Trinajstić information content (AvgIpc) is 2.35. The Bertz CT molecular complexity index is 565. The number of carbonyl (C=O) groups excluding carboxylic acids is 2. The molecule has 3 amide bonds. The van der Waals surface area contributed by atoms with Crippen LogP contribution in [-0.2, 0) is 14.6 Å². The summed E-state index contributed by atoms with van der Waals surface area (Å²) in [4.78, 5) is 22.2. The molecule has 0 bridgehead atoms. The Morgan fingerprint density at radius 1 is 1.21 bits per heavy atom. The van der Waals surface area contributed by atoms with Crippen molar-refractivity contribution >= 4 is 21.8 Å². The molecule has 1 aromatic carbocycles. The minimum absolute atomic E-state index is 0.162. The van der Waals surface area contributed by atoms with Gasteiger partial charge in [0, 0.05) is 13.3 Å². The minimum Gasteiger partial charge on any atom is -0.484 e. The van der Waals surface area contributed by atoms with Crippen LogP contribution >= 0.6 is 0 Å². The number of benzene rings is 1. The molecule has 2 N–H and O–H groups in total. The van der Waals surface area contributed by atoms with Crippen LogP contribution in [0.15, 0.2) is 29.2 Å². The number of ether oxygens (including phenoxy) is 1. The topological polar surface area (TPSA) is 102 Å². The monoisotopic (exact) mass is 286 g/mol. The van der Waals surface area contributed by atoms with Gasteiger partial charge in [0.2, 0.25) is 0 Å². The molecule has 0 saturated heterocycles. The van der Waals surface area contributed by atoms with E-state index in [1.165, 1.54) is 31.3 Å². The fourth-order valence-corrected chi connectivity index (χ4v) is 1.79. The zero-order valence-electron chi connectivity index (χ0n) is 10.5. The summed E-state index contributed by atoms with van der Waals surface area (Å²) < 4.78 is 27.5. The van der Waals surface area contributed by atoms with Crippen molar-refractivity contribution in [2.24, 2.45) is 0 Å². The maximum absolute atomic E-state index is 11.2. The molecule has 0 heterocycles. The zero-order chi connectivity index (χ0) is 14.5. The fraction of sp³-hybridized carbons (Fsp3) is 0.273. The average molecular weight is 286 g/mol. The van der Waals surface area contributed by atoms with Gasteiger partial charge >= 0.3 is 6.03 Å². The molecule has 8 heteroatoms. The number of amides is 3. The van der Waals surface area contributed by atoms with Crippen LogP contribution < -0.4 is 15.4 Å². The summed E-state index contributed by atoms with van der Waals surface area (Å²) in [5, 5.41) is 4.25. The van der Waals surface area contributed by atoms with E-state index in [0.717, 1.165) is 6.26 Å². The predicted octanol–water partition coefficient (Wildman–Crippen LogP) is -0.0755. The largest absolute Gasteiger partial charge is 0.484 e. The molecule has 0 radical (unpaired) electrons. The van der Waals surface area contributed by atoms with Gasteiger partial charge in [-0.2, -0.15) is 0 Å². The molecule has 1 rings (SSSR count). The van der Waals surface area contributed by atoms with Gasteiger partial charge in [-0.15, -0.1) is 0 Å². The number of hydrogen-bond acceptors (Lipinski definition) is 5. The van der Waals surface area contributed by atoms with Crippen LogP contribution in [0.1, 0.15) is 0 Å². The summed E-state index contributed by atoms with van der Waals surface area (Å²) in [6.07, 6.45) is 1.10. The molecule has 19 heavy (non-hydrogen) atoms. The van der Waals surface area contributed by atoms with Gasteiger partial charge in [-0.25, -0.2) is 13.2 Å². The molecule has 0 aromatic heterocycles. The maximum Gasteiger partial charge on any atom is 0.321 e. The Morgan fingerprint density at radius 2 is 1.79 bits per heavy atom. The van der Waals surface area contributed by atoms with Crippen LogP contribution in [0.3, 0.4) is 0 Å². The third-order valence-electron chi connectivity index (χ3n) is 2.10. The predicted molar refractivity (Wildman–Crippen MR) is 67.6 cm³/mol. The molecule has 0 atom stereocenters. The number of sulfone groups is 1. The molecule has 104 valence electrons. The summed E-state index contributed by atoms with van der Waals surface area (Å²) in [5.41, 5.74) is 0. The van der Waals surface area contributed by atoms with E-state index in [0.29, 0.717) is 5.75 Å². The Kier molecular flexibility index (Phi) is 4.87. The molecule has 0 aliphatic rings. The molecule has 0 fully saturated rings. The summed E-state index contributed by atoms with van der Waals surface area (Å²) in [6.45, 7) is -0.342. The lowest BCUT2D eigenvalue weighted by atomic mass is 10.3. The van der Waals surface area contributed by atoms with E-state index in [1.54, 1.807) is 0 Å². The van der Waals surface area contributed by atoms with E-state index in [2.05, 4.69) is 5.32 Å². The molecule has 7 nitrogen and oxygen atoms in total. The van der Waals surface area contributed by atoms with Gasteiger partial charge in [0.25, 0.3) is 5.91 Å². The number of rotatable bonds is 4. The minimum atomic E-state index is -3.26. The highest BCUT2D eigenvalue weighted by Crippen LogP contribution is 2.15. The van der Waals surface area contributed by atoms with Crippen molar-refractivity contribution in [2.45, 2.75) is 4.90 Å². The Labute approximate surface area is 110 Å². The highest BCUT2D eigenvalue weighted by atomic mass is 32.2. The summed E-state index contributed by atoms with van der Waals surface area (Å²) in [5.74, 6) is -0.272. The molecule has 0 aliphatic carbocycles. The van der Waals surface area contributed by atoms with E-state index in [9.17, 15) is 18.0 Å². The van der Waals surface area contributed by atoms with Crippen LogP contribution in [0.5, 0.6) is 5.75 Å². The SMILES string of the molecule is CNC(=O)NC(=O)COc1ccc(S(C)(=O)=O)cc1. The number of nitrogens with one attached hydrogen (secondary N) is 2. The summed E-state index contributed by atoms with van der Waals surface area (Å²) in [6, 6.07) is 5.00. The Hall–Kier alpha value is -2.09. The van der Waals surface area contributed by atoms with Crippen molar-refractivity contribution in [1.82, 2.24) is 10.6 Å². The second-order valence-corrected chi connectivity index (χ2v) is 5.68. The summed E-state index contributed by atoms with van der Waals surface area (Å²) >= 11 is 0. The number of urea groups is 1. The van der Waals surface area contributed by atoms with E-state index < -0.39 is 21.8 Å². The lowest BCUT2D eigenvalue weighted by Crippen LogP contribution is -2.39. The van der Waals surface area contributed by atoms with Gasteiger partial charge in [0.05, 0.1) is 4.90 Å². The van der Waals surface area contributed by atoms with Crippen LogP contribution in [0.4, 0.5) is 4.79 Å². The first-order valence-electron chi connectivity index (χ1n) is 5.27. The second-order valence-electron chi connectivity index (χ2n) is 3.66. The van der Waals surface area contributed by atoms with Crippen molar-refractivity contribution in [2.75, 3.05) is 19.9 Å². The van der Waals surface area contributed by atoms with Crippen molar-refractivity contribution in [3.63, 3.8) is 0 Å². The van der Waals surface area contributed by atoms with Gasteiger partial charge in [0.1, 0.15) is 5.75 Å². The van der Waals surface area contributed by atoms with Crippen molar-refractivity contribution in [1.29, 1.82) is 0 Å². The number of carbonyl (C=O) groups is 2. The second kappa shape index (κ2) is 6.19. The Morgan fingerprint density at radius 3 is 2.26 bits per heavy atom. The van der Waals surface area contributed by atoms with Gasteiger partial charge in [-0.3, -0.25) is 10.1 Å². The number of hydrogen-bond donors (Lipinski definition) is 2. The van der Waals surface area contributed by atoms with Gasteiger partial charge in [-0.05, 0) is 24.3 Å². The van der Waals surface area contributed by atoms with Crippen molar-refractivity contribution in [3.8, 4) is 5.75 Å². The number of imide groups is 1. The first-order chi connectivity index (χ1) is 8.82. The van der Waals surface area contributed by atoms with Gasteiger partial charge in [0.15, 0.2) is 16.4 Å². The normalized spacial score (nSPS) is 10.6. The van der Waals surface area contributed by atoms with Crippen LogP contribution in [-0.4, -0.2) is 40.3 Å². The van der Waals surface area contributed by atoms with Gasteiger partial charge < -0.3 is 10.1 Å². The molecule has 1 aromatic rings. The molecule has 0 aliphatic heterocycles. The summed E-state index contributed by atoms with van der Waals surface area (Å²) in [7, 11) is -1.88. The smallest absolute Gasteiger partial charge is 0.321 e. The first kappa shape index (κ1) is 15.0. The van der Waals surface area contributed by atoms with E-state index >= 15 is 0 Å². The lowest BCUT2D eigenvalue weighted by molar-refractivity contribution is -0.122. The maximum atomic E-state index is 11.2. The van der Waals surface area contributed by atoms with Crippen molar-refractivity contribution in [3.05, 3.63) is 24.3 Å². The van der Waals surface area contributed by atoms with Crippen LogP contribution in [0.2, 0.25) is 0 Å². The molecule has 0 spiro atoms.